The van der Waals surface area contributed by atoms with E-state index in [0.29, 0.717) is 0 Å². The van der Waals surface area contributed by atoms with Crippen molar-refractivity contribution in [1.82, 2.24) is 0 Å². The minimum Gasteiger partial charge on any atom is -0.371 e. The first kappa shape index (κ1) is 7.80. The topological polar surface area (TPSA) is 9.23 Å². The van der Waals surface area contributed by atoms with Crippen molar-refractivity contribution in [1.29, 1.82) is 0 Å². The monoisotopic (exact) mass is 140 g/mol. The van der Waals surface area contributed by atoms with Crippen LogP contribution in [0.1, 0.15) is 33.1 Å². The Hall–Kier alpha value is -0.300. The van der Waals surface area contributed by atoms with E-state index in [0.717, 1.165) is 25.9 Å². The highest BCUT2D eigenvalue weighted by Crippen LogP contribution is 2.27. The normalized spacial score (nSPS) is 23.0. The maximum Gasteiger partial charge on any atom is 0.0715 e. The van der Waals surface area contributed by atoms with Crippen molar-refractivity contribution in [3.63, 3.8) is 0 Å². The van der Waals surface area contributed by atoms with Gasteiger partial charge in [-0.25, -0.2) is 0 Å². The second-order valence-corrected chi connectivity index (χ2v) is 2.88. The molecule has 58 valence electrons. The lowest BCUT2D eigenvalue weighted by Crippen LogP contribution is -2.32. The van der Waals surface area contributed by atoms with Crippen LogP contribution in [-0.2, 0) is 4.74 Å². The summed E-state index contributed by atoms with van der Waals surface area (Å²) in [6.07, 6.45) is 7.70. The maximum absolute atomic E-state index is 5.68. The molecule has 0 fully saturated rings. The second-order valence-electron chi connectivity index (χ2n) is 2.88. The fourth-order valence-electron chi connectivity index (χ4n) is 1.39. The van der Waals surface area contributed by atoms with Gasteiger partial charge in [0.2, 0.25) is 0 Å². The predicted molar refractivity (Wildman–Crippen MR) is 43.0 cm³/mol. The van der Waals surface area contributed by atoms with Crippen LogP contribution in [0.3, 0.4) is 0 Å². The molecule has 0 saturated carbocycles. The summed E-state index contributed by atoms with van der Waals surface area (Å²) in [7, 11) is 0. The third-order valence-corrected chi connectivity index (χ3v) is 2.43. The number of hydrogen-bond donors (Lipinski definition) is 0. The van der Waals surface area contributed by atoms with Crippen molar-refractivity contribution in [2.45, 2.75) is 38.7 Å². The van der Waals surface area contributed by atoms with E-state index in [-0.39, 0.29) is 5.60 Å². The van der Waals surface area contributed by atoms with Crippen LogP contribution in [0.2, 0.25) is 0 Å². The van der Waals surface area contributed by atoms with Gasteiger partial charge in [-0.3, -0.25) is 0 Å². The zero-order chi connectivity index (χ0) is 7.45. The third-order valence-electron chi connectivity index (χ3n) is 2.43. The predicted octanol–water partition coefficient (Wildman–Crippen LogP) is 2.52. The van der Waals surface area contributed by atoms with Crippen molar-refractivity contribution in [3.05, 3.63) is 12.2 Å². The zero-order valence-corrected chi connectivity index (χ0v) is 6.89. The van der Waals surface area contributed by atoms with Crippen LogP contribution in [-0.4, -0.2) is 12.2 Å². The molecule has 0 N–H and O–H groups in total. The Morgan fingerprint density at radius 2 is 2.00 bits per heavy atom. The smallest absolute Gasteiger partial charge is 0.0715 e. The summed E-state index contributed by atoms with van der Waals surface area (Å²) < 4.78 is 5.68. The van der Waals surface area contributed by atoms with Crippen molar-refractivity contribution < 1.29 is 4.74 Å². The Morgan fingerprint density at radius 3 is 2.30 bits per heavy atom. The van der Waals surface area contributed by atoms with E-state index >= 15 is 0 Å². The Morgan fingerprint density at radius 1 is 1.30 bits per heavy atom. The van der Waals surface area contributed by atoms with E-state index in [1.807, 2.05) is 0 Å². The van der Waals surface area contributed by atoms with Crippen molar-refractivity contribution in [3.8, 4) is 0 Å². The maximum atomic E-state index is 5.68. The van der Waals surface area contributed by atoms with Crippen LogP contribution in [0, 0.1) is 0 Å². The van der Waals surface area contributed by atoms with Crippen LogP contribution in [0.15, 0.2) is 12.2 Å². The molecule has 0 bridgehead atoms. The van der Waals surface area contributed by atoms with Gasteiger partial charge in [-0.05, 0) is 19.3 Å². The van der Waals surface area contributed by atoms with E-state index < -0.39 is 0 Å². The van der Waals surface area contributed by atoms with Crippen LogP contribution in [0.5, 0.6) is 0 Å². The molecule has 0 aromatic rings. The molecule has 0 radical (unpaired) electrons. The van der Waals surface area contributed by atoms with E-state index in [1.165, 1.54) is 0 Å². The highest BCUT2D eigenvalue weighted by molar-refractivity contribution is 4.96. The summed E-state index contributed by atoms with van der Waals surface area (Å²) in [6, 6.07) is 0. The van der Waals surface area contributed by atoms with Crippen LogP contribution in [0.4, 0.5) is 0 Å². The largest absolute Gasteiger partial charge is 0.371 e. The molecular formula is C9H16O. The van der Waals surface area contributed by atoms with Crippen LogP contribution in [0.25, 0.3) is 0 Å². The third kappa shape index (κ3) is 1.40. The minimum absolute atomic E-state index is 0.175. The summed E-state index contributed by atoms with van der Waals surface area (Å²) in [4.78, 5) is 0. The Kier molecular flexibility index (Phi) is 2.50. The van der Waals surface area contributed by atoms with Crippen LogP contribution < -0.4 is 0 Å². The zero-order valence-electron chi connectivity index (χ0n) is 6.89. The highest BCUT2D eigenvalue weighted by atomic mass is 16.5. The molecule has 1 rings (SSSR count). The average Bonchev–Trinajstić information content (AvgIpc) is 2.06. The van der Waals surface area contributed by atoms with Crippen molar-refractivity contribution in [2.75, 3.05) is 6.61 Å². The van der Waals surface area contributed by atoms with Crippen molar-refractivity contribution in [2.24, 2.45) is 0 Å². The molecule has 1 nitrogen and oxygen atoms in total. The highest BCUT2D eigenvalue weighted by Gasteiger charge is 2.26. The first-order valence-electron chi connectivity index (χ1n) is 4.12. The SMILES string of the molecule is CCC1(CC)CC=CCO1. The van der Waals surface area contributed by atoms with Gasteiger partial charge >= 0.3 is 0 Å². The van der Waals surface area contributed by atoms with Gasteiger partial charge in [-0.1, -0.05) is 26.0 Å². The van der Waals surface area contributed by atoms with Gasteiger partial charge in [0.25, 0.3) is 0 Å². The second kappa shape index (κ2) is 3.20. The fraction of sp³-hybridized carbons (Fsp3) is 0.778. The first-order valence-corrected chi connectivity index (χ1v) is 4.12. The van der Waals surface area contributed by atoms with Crippen molar-refractivity contribution >= 4 is 0 Å². The van der Waals surface area contributed by atoms with Gasteiger partial charge in [0.05, 0.1) is 12.2 Å². The fourth-order valence-corrected chi connectivity index (χ4v) is 1.39. The molecule has 0 aliphatic carbocycles. The molecule has 0 spiro atoms. The van der Waals surface area contributed by atoms with E-state index in [1.54, 1.807) is 0 Å². The Bertz CT molecular complexity index is 123. The van der Waals surface area contributed by atoms with E-state index in [2.05, 4.69) is 26.0 Å². The summed E-state index contributed by atoms with van der Waals surface area (Å²) in [5.41, 5.74) is 0.175. The Balaban J connectivity index is 2.55. The summed E-state index contributed by atoms with van der Waals surface area (Å²) in [5.74, 6) is 0. The number of rotatable bonds is 2. The summed E-state index contributed by atoms with van der Waals surface area (Å²) in [5, 5.41) is 0. The van der Waals surface area contributed by atoms with Gasteiger partial charge in [-0.2, -0.15) is 0 Å². The number of ether oxygens (including phenoxy) is 1. The van der Waals surface area contributed by atoms with E-state index in [9.17, 15) is 0 Å². The van der Waals surface area contributed by atoms with Gasteiger partial charge in [0, 0.05) is 0 Å². The first-order chi connectivity index (χ1) is 4.83. The quantitative estimate of drug-likeness (QED) is 0.535. The molecule has 0 unspecified atom stereocenters. The summed E-state index contributed by atoms with van der Waals surface area (Å²) >= 11 is 0. The lowest BCUT2D eigenvalue weighted by molar-refractivity contribution is -0.0420. The molecule has 1 aliphatic heterocycles. The van der Waals surface area contributed by atoms with Gasteiger partial charge in [0.1, 0.15) is 0 Å². The summed E-state index contributed by atoms with van der Waals surface area (Å²) in [6.45, 7) is 5.20. The molecule has 0 saturated heterocycles. The molecule has 0 aromatic heterocycles. The lowest BCUT2D eigenvalue weighted by Gasteiger charge is -2.32. The molecule has 10 heavy (non-hydrogen) atoms. The average molecular weight is 140 g/mol. The van der Waals surface area contributed by atoms with E-state index in [4.69, 9.17) is 4.74 Å². The van der Waals surface area contributed by atoms with Gasteiger partial charge in [0.15, 0.2) is 0 Å². The molecule has 0 aromatic carbocycles. The minimum atomic E-state index is 0.175. The lowest BCUT2D eigenvalue weighted by atomic mass is 9.91. The number of hydrogen-bond acceptors (Lipinski definition) is 1. The molecule has 0 amide bonds. The molecular weight excluding hydrogens is 124 g/mol. The molecule has 1 heterocycles. The molecule has 1 aliphatic rings. The molecule has 1 heteroatoms. The Labute approximate surface area is 63.1 Å². The standard InChI is InChI=1S/C9H16O/c1-3-9(4-2)7-5-6-8-10-9/h5-6H,3-4,7-8H2,1-2H3. The van der Waals surface area contributed by atoms with Crippen LogP contribution >= 0.6 is 0 Å². The van der Waals surface area contributed by atoms with Gasteiger partial charge < -0.3 is 4.74 Å². The van der Waals surface area contributed by atoms with Gasteiger partial charge in [-0.15, -0.1) is 0 Å². The molecule has 0 atom stereocenters.